The van der Waals surface area contributed by atoms with Crippen LogP contribution in [0.3, 0.4) is 0 Å². The Kier molecular flexibility index (Phi) is 5.50. The normalized spacial score (nSPS) is 13.6. The first-order valence-corrected chi connectivity index (χ1v) is 8.99. The van der Waals surface area contributed by atoms with Crippen LogP contribution in [-0.2, 0) is 9.84 Å². The zero-order valence-corrected chi connectivity index (χ0v) is 13.0. The number of nitrogens with two attached hydrogens (primary N) is 1. The third-order valence-electron chi connectivity index (χ3n) is 2.17. The van der Waals surface area contributed by atoms with Crippen LogP contribution in [0.2, 0.25) is 0 Å². The van der Waals surface area contributed by atoms with Crippen molar-refractivity contribution in [2.45, 2.75) is 17.9 Å². The molecule has 1 atom stereocenters. The minimum atomic E-state index is -2.90. The Morgan fingerprint density at radius 2 is 2.12 bits per heavy atom. The average Bonchev–Trinajstić information content (AvgIpc) is 2.18. The Balaban J connectivity index is 2.77. The second-order valence-corrected chi connectivity index (χ2v) is 8.26. The molecule has 6 heteroatoms. The summed E-state index contributed by atoms with van der Waals surface area (Å²) in [5.41, 5.74) is 6.93. The summed E-state index contributed by atoms with van der Waals surface area (Å²) in [6.45, 7) is 1.92. The largest absolute Gasteiger partial charge is 0.324 e. The summed E-state index contributed by atoms with van der Waals surface area (Å²) >= 11 is 4.93. The number of thioether (sulfide) groups is 1. The van der Waals surface area contributed by atoms with Gasteiger partial charge in [-0.15, -0.1) is 11.8 Å². The Morgan fingerprint density at radius 3 is 2.65 bits per heavy atom. The lowest BCUT2D eigenvalue weighted by atomic mass is 10.1. The van der Waals surface area contributed by atoms with E-state index >= 15 is 0 Å². The molecule has 1 aromatic carbocycles. The zero-order chi connectivity index (χ0) is 13.1. The van der Waals surface area contributed by atoms with E-state index in [1.807, 2.05) is 25.1 Å². The van der Waals surface area contributed by atoms with Crippen molar-refractivity contribution in [2.75, 3.05) is 17.8 Å². The van der Waals surface area contributed by atoms with Crippen molar-refractivity contribution >= 4 is 37.5 Å². The van der Waals surface area contributed by atoms with Crippen molar-refractivity contribution in [3.63, 3.8) is 0 Å². The van der Waals surface area contributed by atoms with Crippen molar-refractivity contribution < 1.29 is 8.42 Å². The molecule has 0 saturated carbocycles. The summed E-state index contributed by atoms with van der Waals surface area (Å²) in [7, 11) is -2.90. The van der Waals surface area contributed by atoms with E-state index < -0.39 is 9.84 Å². The highest BCUT2D eigenvalue weighted by Gasteiger charge is 2.09. The van der Waals surface area contributed by atoms with Crippen molar-refractivity contribution in [3.05, 3.63) is 28.2 Å². The third kappa shape index (κ3) is 5.42. The molecule has 2 N–H and O–H groups in total. The monoisotopic (exact) mass is 337 g/mol. The van der Waals surface area contributed by atoms with E-state index in [9.17, 15) is 8.42 Å². The van der Waals surface area contributed by atoms with Gasteiger partial charge in [0.2, 0.25) is 0 Å². The van der Waals surface area contributed by atoms with Gasteiger partial charge in [0.25, 0.3) is 0 Å². The van der Waals surface area contributed by atoms with Crippen molar-refractivity contribution in [3.8, 4) is 0 Å². The first kappa shape index (κ1) is 15.0. The molecule has 0 aromatic heterocycles. The van der Waals surface area contributed by atoms with Gasteiger partial charge < -0.3 is 5.73 Å². The Morgan fingerprint density at radius 1 is 1.47 bits per heavy atom. The molecule has 96 valence electrons. The maximum atomic E-state index is 11.0. The average molecular weight is 338 g/mol. The standard InChI is InChI=1S/C11H16BrNO2S2/c1-8(13)10-7-9(12)3-4-11(10)16-5-6-17(2,14)15/h3-4,7-8H,5-6,13H2,1-2H3. The second-order valence-electron chi connectivity index (χ2n) is 3.95. The molecule has 0 bridgehead atoms. The van der Waals surface area contributed by atoms with Crippen LogP contribution in [0, 0.1) is 0 Å². The SMILES string of the molecule is CC(N)c1cc(Br)ccc1SCCS(C)(=O)=O. The Hall–Kier alpha value is -0.0400. The predicted octanol–water partition coefficient (Wildman–Crippen LogP) is 2.61. The molecule has 1 unspecified atom stereocenters. The van der Waals surface area contributed by atoms with Gasteiger partial charge in [-0.2, -0.15) is 0 Å². The smallest absolute Gasteiger partial charge is 0.148 e. The molecule has 0 aliphatic carbocycles. The number of hydrogen-bond acceptors (Lipinski definition) is 4. The molecule has 0 spiro atoms. The fraction of sp³-hybridized carbons (Fsp3) is 0.455. The minimum Gasteiger partial charge on any atom is -0.324 e. The lowest BCUT2D eigenvalue weighted by Crippen LogP contribution is -2.08. The van der Waals surface area contributed by atoms with Crippen LogP contribution in [0.25, 0.3) is 0 Å². The van der Waals surface area contributed by atoms with Gasteiger partial charge in [0.15, 0.2) is 0 Å². The molecule has 1 aromatic rings. The fourth-order valence-electron chi connectivity index (χ4n) is 1.31. The zero-order valence-electron chi connectivity index (χ0n) is 9.81. The third-order valence-corrected chi connectivity index (χ3v) is 4.96. The van der Waals surface area contributed by atoms with E-state index in [0.29, 0.717) is 5.75 Å². The number of sulfone groups is 1. The Labute approximate surface area is 115 Å². The van der Waals surface area contributed by atoms with Gasteiger partial charge >= 0.3 is 0 Å². The summed E-state index contributed by atoms with van der Waals surface area (Å²) in [4.78, 5) is 1.05. The molecule has 1 rings (SSSR count). The van der Waals surface area contributed by atoms with Gasteiger partial charge in [0, 0.05) is 27.4 Å². The van der Waals surface area contributed by atoms with E-state index in [1.165, 1.54) is 18.0 Å². The highest BCUT2D eigenvalue weighted by Crippen LogP contribution is 2.29. The van der Waals surface area contributed by atoms with Crippen LogP contribution in [-0.4, -0.2) is 26.2 Å². The maximum absolute atomic E-state index is 11.0. The minimum absolute atomic E-state index is 0.0618. The van der Waals surface area contributed by atoms with Gasteiger partial charge in [0.05, 0.1) is 5.75 Å². The van der Waals surface area contributed by atoms with Gasteiger partial charge in [-0.25, -0.2) is 8.42 Å². The van der Waals surface area contributed by atoms with Crippen LogP contribution in [0.4, 0.5) is 0 Å². The van der Waals surface area contributed by atoms with Crippen molar-refractivity contribution in [2.24, 2.45) is 5.73 Å². The molecule has 0 saturated heterocycles. The highest BCUT2D eigenvalue weighted by molar-refractivity contribution is 9.10. The van der Waals surface area contributed by atoms with Gasteiger partial charge in [0.1, 0.15) is 9.84 Å². The molecule has 0 radical (unpaired) electrons. The van der Waals surface area contributed by atoms with E-state index in [4.69, 9.17) is 5.73 Å². The fourth-order valence-corrected chi connectivity index (χ4v) is 4.03. The second kappa shape index (κ2) is 6.22. The van der Waals surface area contributed by atoms with E-state index in [2.05, 4.69) is 15.9 Å². The van der Waals surface area contributed by atoms with E-state index in [1.54, 1.807) is 0 Å². The van der Waals surface area contributed by atoms with Crippen LogP contribution < -0.4 is 5.73 Å². The molecule has 0 fully saturated rings. The van der Waals surface area contributed by atoms with Crippen molar-refractivity contribution in [1.82, 2.24) is 0 Å². The summed E-state index contributed by atoms with van der Waals surface area (Å²) in [5.74, 6) is 0.742. The maximum Gasteiger partial charge on any atom is 0.148 e. The number of hydrogen-bond donors (Lipinski definition) is 1. The molecule has 0 amide bonds. The summed E-state index contributed by atoms with van der Waals surface area (Å²) < 4.78 is 23.1. The van der Waals surface area contributed by atoms with Crippen LogP contribution in [0.5, 0.6) is 0 Å². The van der Waals surface area contributed by atoms with Gasteiger partial charge in [-0.05, 0) is 30.7 Å². The highest BCUT2D eigenvalue weighted by atomic mass is 79.9. The van der Waals surface area contributed by atoms with Crippen molar-refractivity contribution in [1.29, 1.82) is 0 Å². The molecular weight excluding hydrogens is 322 g/mol. The molecule has 0 aliphatic rings. The topological polar surface area (TPSA) is 60.2 Å². The molecule has 0 aliphatic heterocycles. The van der Waals surface area contributed by atoms with Crippen LogP contribution in [0.15, 0.2) is 27.6 Å². The van der Waals surface area contributed by atoms with E-state index in [0.717, 1.165) is 14.9 Å². The summed E-state index contributed by atoms with van der Waals surface area (Å²) in [5, 5.41) is 0. The van der Waals surface area contributed by atoms with E-state index in [-0.39, 0.29) is 11.8 Å². The lowest BCUT2D eigenvalue weighted by molar-refractivity contribution is 0.603. The molecule has 0 heterocycles. The lowest BCUT2D eigenvalue weighted by Gasteiger charge is -2.12. The predicted molar refractivity (Wildman–Crippen MR) is 77.2 cm³/mol. The Bertz CT molecular complexity index is 486. The van der Waals surface area contributed by atoms with Gasteiger partial charge in [-0.3, -0.25) is 0 Å². The first-order valence-electron chi connectivity index (χ1n) is 5.15. The van der Waals surface area contributed by atoms with Crippen LogP contribution in [0.1, 0.15) is 18.5 Å². The summed E-state index contributed by atoms with van der Waals surface area (Å²) in [6.07, 6.45) is 1.25. The number of benzene rings is 1. The summed E-state index contributed by atoms with van der Waals surface area (Å²) in [6, 6.07) is 5.82. The number of rotatable bonds is 5. The molecule has 17 heavy (non-hydrogen) atoms. The number of halogens is 1. The molecule has 3 nitrogen and oxygen atoms in total. The quantitative estimate of drug-likeness (QED) is 0.839. The molecular formula is C11H16BrNO2S2. The van der Waals surface area contributed by atoms with Gasteiger partial charge in [-0.1, -0.05) is 15.9 Å². The first-order chi connectivity index (χ1) is 7.79. The van der Waals surface area contributed by atoms with Crippen LogP contribution >= 0.6 is 27.7 Å².